The fraction of sp³-hybridized carbons (Fsp3) is 0.333. The van der Waals surface area contributed by atoms with Gasteiger partial charge in [-0.15, -0.1) is 0 Å². The molecule has 0 spiro atoms. The van der Waals surface area contributed by atoms with Gasteiger partial charge in [0.05, 0.1) is 17.4 Å². The lowest BCUT2D eigenvalue weighted by Gasteiger charge is -2.00. The lowest BCUT2D eigenvalue weighted by Crippen LogP contribution is -1.94. The summed E-state index contributed by atoms with van der Waals surface area (Å²) in [5, 5.41) is 18.0. The van der Waals surface area contributed by atoms with Crippen LogP contribution in [0.4, 0.5) is 0 Å². The van der Waals surface area contributed by atoms with Crippen molar-refractivity contribution in [1.29, 1.82) is 5.26 Å². The second-order valence-electron chi connectivity index (χ2n) is 2.93. The van der Waals surface area contributed by atoms with Crippen LogP contribution < -0.4 is 0 Å². The van der Waals surface area contributed by atoms with Gasteiger partial charge in [-0.2, -0.15) is 5.26 Å². The second kappa shape index (κ2) is 2.58. The molecule has 1 heterocycles. The van der Waals surface area contributed by atoms with E-state index in [0.29, 0.717) is 5.56 Å². The van der Waals surface area contributed by atoms with E-state index in [4.69, 9.17) is 5.26 Å². The van der Waals surface area contributed by atoms with Gasteiger partial charge in [0.25, 0.3) is 0 Å². The summed E-state index contributed by atoms with van der Waals surface area (Å²) in [6.07, 6.45) is 2.65. The molecule has 0 saturated carbocycles. The Hall–Kier alpha value is -1.40. The Kier molecular flexibility index (Phi) is 1.56. The number of pyridine rings is 1. The van der Waals surface area contributed by atoms with Crippen molar-refractivity contribution in [2.45, 2.75) is 18.9 Å². The van der Waals surface area contributed by atoms with Crippen LogP contribution in [0, 0.1) is 11.3 Å². The average Bonchev–Trinajstić information content (AvgIpc) is 2.47. The third kappa shape index (κ3) is 0.973. The normalized spacial score (nSPS) is 20.2. The Morgan fingerprint density at radius 3 is 3.25 bits per heavy atom. The van der Waals surface area contributed by atoms with Gasteiger partial charge >= 0.3 is 0 Å². The van der Waals surface area contributed by atoms with Crippen molar-refractivity contribution < 1.29 is 5.11 Å². The van der Waals surface area contributed by atoms with E-state index in [9.17, 15) is 5.11 Å². The van der Waals surface area contributed by atoms with Crippen molar-refractivity contribution in [3.63, 3.8) is 0 Å². The van der Waals surface area contributed by atoms with Crippen LogP contribution in [-0.4, -0.2) is 10.1 Å². The molecular formula is C9H8N2O. The Labute approximate surface area is 70.3 Å². The molecule has 0 aliphatic heterocycles. The summed E-state index contributed by atoms with van der Waals surface area (Å²) < 4.78 is 0. The molecule has 0 radical (unpaired) electrons. The first-order valence-corrected chi connectivity index (χ1v) is 3.88. The van der Waals surface area contributed by atoms with E-state index in [2.05, 4.69) is 4.98 Å². The Bertz CT molecular complexity index is 354. The number of aliphatic hydroxyl groups excluding tert-OH is 1. The number of aromatic nitrogens is 1. The summed E-state index contributed by atoms with van der Waals surface area (Å²) in [6, 6.07) is 3.83. The summed E-state index contributed by atoms with van der Waals surface area (Å²) in [7, 11) is 0. The first-order valence-electron chi connectivity index (χ1n) is 3.88. The molecule has 60 valence electrons. The van der Waals surface area contributed by atoms with Gasteiger partial charge in [0.1, 0.15) is 6.07 Å². The maximum atomic E-state index is 9.40. The molecule has 1 aromatic rings. The smallest absolute Gasteiger partial charge is 0.101 e. The first-order chi connectivity index (χ1) is 5.81. The fourth-order valence-corrected chi connectivity index (χ4v) is 1.51. The predicted molar refractivity (Wildman–Crippen MR) is 42.2 cm³/mol. The lowest BCUT2D eigenvalue weighted by molar-refractivity contribution is 0.176. The number of nitrogens with zero attached hydrogens (tertiary/aromatic N) is 2. The Balaban J connectivity index is 2.50. The van der Waals surface area contributed by atoms with Crippen molar-refractivity contribution in [1.82, 2.24) is 4.98 Å². The summed E-state index contributed by atoms with van der Waals surface area (Å²) in [5.41, 5.74) is 2.33. The van der Waals surface area contributed by atoms with E-state index in [-0.39, 0.29) is 0 Å². The van der Waals surface area contributed by atoms with Crippen LogP contribution in [0.3, 0.4) is 0 Å². The molecule has 1 N–H and O–H groups in total. The van der Waals surface area contributed by atoms with Gasteiger partial charge in [0, 0.05) is 6.20 Å². The highest BCUT2D eigenvalue weighted by Gasteiger charge is 2.21. The highest BCUT2D eigenvalue weighted by atomic mass is 16.3. The standard InChI is InChI=1S/C9H8N2O/c10-4-6-3-7-1-2-8(12)9(7)11-5-6/h3,5,8,12H,1-2H2. The van der Waals surface area contributed by atoms with Gasteiger partial charge in [0.2, 0.25) is 0 Å². The van der Waals surface area contributed by atoms with Crippen molar-refractivity contribution >= 4 is 0 Å². The average molecular weight is 160 g/mol. The van der Waals surface area contributed by atoms with E-state index in [0.717, 1.165) is 24.1 Å². The van der Waals surface area contributed by atoms with Gasteiger partial charge < -0.3 is 5.11 Å². The van der Waals surface area contributed by atoms with Crippen molar-refractivity contribution in [3.8, 4) is 6.07 Å². The van der Waals surface area contributed by atoms with E-state index in [1.807, 2.05) is 6.07 Å². The summed E-state index contributed by atoms with van der Waals surface area (Å²) in [4.78, 5) is 4.04. The molecule has 0 amide bonds. The summed E-state index contributed by atoms with van der Waals surface area (Å²) >= 11 is 0. The zero-order valence-electron chi connectivity index (χ0n) is 6.49. The molecule has 1 aliphatic rings. The number of aliphatic hydroxyl groups is 1. The third-order valence-corrected chi connectivity index (χ3v) is 2.13. The molecule has 2 rings (SSSR count). The maximum absolute atomic E-state index is 9.40. The Morgan fingerprint density at radius 2 is 2.50 bits per heavy atom. The molecular weight excluding hydrogens is 152 g/mol. The molecule has 1 atom stereocenters. The molecule has 3 heteroatoms. The van der Waals surface area contributed by atoms with Gasteiger partial charge in [0.15, 0.2) is 0 Å². The molecule has 0 bridgehead atoms. The third-order valence-electron chi connectivity index (χ3n) is 2.13. The van der Waals surface area contributed by atoms with Crippen LogP contribution in [0.1, 0.15) is 29.3 Å². The van der Waals surface area contributed by atoms with Crippen molar-refractivity contribution in [2.24, 2.45) is 0 Å². The zero-order valence-corrected chi connectivity index (χ0v) is 6.49. The maximum Gasteiger partial charge on any atom is 0.101 e. The molecule has 1 unspecified atom stereocenters. The zero-order chi connectivity index (χ0) is 8.55. The highest BCUT2D eigenvalue weighted by molar-refractivity contribution is 5.36. The van der Waals surface area contributed by atoms with Gasteiger partial charge in [-0.25, -0.2) is 0 Å². The van der Waals surface area contributed by atoms with Crippen LogP contribution in [0.25, 0.3) is 0 Å². The lowest BCUT2D eigenvalue weighted by atomic mass is 10.2. The molecule has 3 nitrogen and oxygen atoms in total. The monoisotopic (exact) mass is 160 g/mol. The summed E-state index contributed by atoms with van der Waals surface area (Å²) in [6.45, 7) is 0. The highest BCUT2D eigenvalue weighted by Crippen LogP contribution is 2.28. The quantitative estimate of drug-likeness (QED) is 0.614. The van der Waals surface area contributed by atoms with Gasteiger partial charge in [-0.3, -0.25) is 4.98 Å². The molecule has 1 aromatic heterocycles. The number of fused-ring (bicyclic) bond motifs is 1. The van der Waals surface area contributed by atoms with Gasteiger partial charge in [-0.1, -0.05) is 0 Å². The molecule has 1 aliphatic carbocycles. The van der Waals surface area contributed by atoms with Crippen LogP contribution >= 0.6 is 0 Å². The summed E-state index contributed by atoms with van der Waals surface area (Å²) in [5.74, 6) is 0. The van der Waals surface area contributed by atoms with Crippen LogP contribution in [0.15, 0.2) is 12.3 Å². The minimum Gasteiger partial charge on any atom is -0.387 e. The predicted octanol–water partition coefficient (Wildman–Crippen LogP) is 0.933. The SMILES string of the molecule is N#Cc1cnc2c(c1)CCC2O. The van der Waals surface area contributed by atoms with Crippen LogP contribution in [-0.2, 0) is 6.42 Å². The number of hydrogen-bond acceptors (Lipinski definition) is 3. The molecule has 0 aromatic carbocycles. The second-order valence-corrected chi connectivity index (χ2v) is 2.93. The molecule has 0 fully saturated rings. The van der Waals surface area contributed by atoms with Crippen molar-refractivity contribution in [2.75, 3.05) is 0 Å². The number of hydrogen-bond donors (Lipinski definition) is 1. The fourth-order valence-electron chi connectivity index (χ4n) is 1.51. The topological polar surface area (TPSA) is 56.9 Å². The largest absolute Gasteiger partial charge is 0.387 e. The molecule has 12 heavy (non-hydrogen) atoms. The van der Waals surface area contributed by atoms with E-state index in [1.54, 1.807) is 6.07 Å². The van der Waals surface area contributed by atoms with Crippen LogP contribution in [0.5, 0.6) is 0 Å². The number of nitriles is 1. The van der Waals surface area contributed by atoms with E-state index in [1.165, 1.54) is 6.20 Å². The number of aryl methyl sites for hydroxylation is 1. The van der Waals surface area contributed by atoms with Gasteiger partial charge in [-0.05, 0) is 24.5 Å². The minimum atomic E-state index is -0.423. The Morgan fingerprint density at radius 1 is 1.67 bits per heavy atom. The van der Waals surface area contributed by atoms with Crippen LogP contribution in [0.2, 0.25) is 0 Å². The molecule has 0 saturated heterocycles. The first kappa shape index (κ1) is 7.26. The van der Waals surface area contributed by atoms with E-state index < -0.39 is 6.10 Å². The number of rotatable bonds is 0. The van der Waals surface area contributed by atoms with Crippen molar-refractivity contribution in [3.05, 3.63) is 29.1 Å². The minimum absolute atomic E-state index is 0.423. The van der Waals surface area contributed by atoms with E-state index >= 15 is 0 Å².